The molecule has 1 aliphatic rings. The number of nitriles is 1. The number of hydrogen-bond acceptors (Lipinski definition) is 5. The van der Waals surface area contributed by atoms with Crippen LogP contribution in [0, 0.1) is 11.3 Å². The normalized spacial score (nSPS) is 14.2. The Labute approximate surface area is 155 Å². The van der Waals surface area contributed by atoms with Gasteiger partial charge in [-0.25, -0.2) is 4.98 Å². The van der Waals surface area contributed by atoms with Crippen LogP contribution in [-0.4, -0.2) is 47.0 Å². The number of aromatic nitrogens is 2. The van der Waals surface area contributed by atoms with Crippen LogP contribution in [0.5, 0.6) is 0 Å². The van der Waals surface area contributed by atoms with Crippen molar-refractivity contribution in [2.45, 2.75) is 0 Å². The molecule has 1 saturated heterocycles. The van der Waals surface area contributed by atoms with Crippen molar-refractivity contribution < 1.29 is 4.79 Å². The first kappa shape index (κ1) is 16.8. The fourth-order valence-corrected chi connectivity index (χ4v) is 3.30. The number of piperazine rings is 1. The van der Waals surface area contributed by atoms with Crippen LogP contribution in [0.3, 0.4) is 0 Å². The zero-order chi connectivity index (χ0) is 18.8. The molecule has 2 aromatic heterocycles. The minimum Gasteiger partial charge on any atom is -0.360 e. The first-order valence-corrected chi connectivity index (χ1v) is 8.68. The summed E-state index contributed by atoms with van der Waals surface area (Å²) in [4.78, 5) is 36.5. The minimum absolute atomic E-state index is 0.159. The Balaban J connectivity index is 1.51. The number of benzene rings is 1. The van der Waals surface area contributed by atoms with Crippen molar-refractivity contribution in [3.8, 4) is 6.07 Å². The first-order chi connectivity index (χ1) is 13.2. The quantitative estimate of drug-likeness (QED) is 0.752. The van der Waals surface area contributed by atoms with E-state index in [0.29, 0.717) is 42.6 Å². The predicted molar refractivity (Wildman–Crippen MR) is 102 cm³/mol. The number of rotatable bonds is 2. The van der Waals surface area contributed by atoms with Crippen LogP contribution in [-0.2, 0) is 0 Å². The largest absolute Gasteiger partial charge is 0.360 e. The molecule has 1 N–H and O–H groups in total. The van der Waals surface area contributed by atoms with Gasteiger partial charge in [-0.3, -0.25) is 9.59 Å². The highest BCUT2D eigenvalue weighted by molar-refractivity contribution is 5.97. The molecular weight excluding hydrogens is 342 g/mol. The third-order valence-corrected chi connectivity index (χ3v) is 4.78. The van der Waals surface area contributed by atoms with Crippen molar-refractivity contribution in [2.24, 2.45) is 0 Å². The number of nitrogens with one attached hydrogen (secondary N) is 1. The molecule has 4 rings (SSSR count). The minimum atomic E-state index is -0.264. The zero-order valence-electron chi connectivity index (χ0n) is 14.6. The van der Waals surface area contributed by atoms with Crippen molar-refractivity contribution in [1.29, 1.82) is 5.26 Å². The van der Waals surface area contributed by atoms with Gasteiger partial charge in [-0.05, 0) is 24.3 Å². The second-order valence-electron chi connectivity index (χ2n) is 6.37. The zero-order valence-corrected chi connectivity index (χ0v) is 14.6. The Morgan fingerprint density at radius 2 is 1.93 bits per heavy atom. The molecule has 0 aliphatic carbocycles. The van der Waals surface area contributed by atoms with E-state index in [2.05, 4.69) is 16.0 Å². The highest BCUT2D eigenvalue weighted by atomic mass is 16.2. The number of anilines is 1. The molecule has 27 heavy (non-hydrogen) atoms. The summed E-state index contributed by atoms with van der Waals surface area (Å²) in [5, 5.41) is 9.53. The van der Waals surface area contributed by atoms with Crippen molar-refractivity contribution in [2.75, 3.05) is 31.1 Å². The second-order valence-corrected chi connectivity index (χ2v) is 6.37. The van der Waals surface area contributed by atoms with E-state index in [1.165, 1.54) is 6.20 Å². The average molecular weight is 359 g/mol. The number of carbonyl (C=O) groups excluding carboxylic acids is 1. The van der Waals surface area contributed by atoms with Crippen molar-refractivity contribution in [3.05, 3.63) is 70.1 Å². The number of carbonyl (C=O) groups is 1. The van der Waals surface area contributed by atoms with E-state index < -0.39 is 0 Å². The molecule has 134 valence electrons. The molecule has 0 atom stereocenters. The smallest absolute Gasteiger partial charge is 0.259 e. The maximum Gasteiger partial charge on any atom is 0.259 e. The summed E-state index contributed by atoms with van der Waals surface area (Å²) in [6, 6.07) is 12.7. The van der Waals surface area contributed by atoms with Gasteiger partial charge in [0.2, 0.25) is 5.43 Å². The number of hydrogen-bond donors (Lipinski definition) is 1. The third kappa shape index (κ3) is 3.13. The molecule has 1 fully saturated rings. The summed E-state index contributed by atoms with van der Waals surface area (Å²) in [5.41, 5.74) is 1.18. The van der Waals surface area contributed by atoms with Crippen molar-refractivity contribution in [3.63, 3.8) is 0 Å². The van der Waals surface area contributed by atoms with Crippen LogP contribution >= 0.6 is 0 Å². The van der Waals surface area contributed by atoms with E-state index in [4.69, 9.17) is 5.26 Å². The third-order valence-electron chi connectivity index (χ3n) is 4.78. The number of H-pyrrole nitrogens is 1. The lowest BCUT2D eigenvalue weighted by molar-refractivity contribution is 0.0745. The van der Waals surface area contributed by atoms with Crippen LogP contribution in [0.25, 0.3) is 10.9 Å². The van der Waals surface area contributed by atoms with Gasteiger partial charge in [-0.15, -0.1) is 0 Å². The van der Waals surface area contributed by atoms with E-state index in [1.807, 2.05) is 17.0 Å². The molecule has 0 spiro atoms. The number of amides is 1. The van der Waals surface area contributed by atoms with Crippen LogP contribution in [0.4, 0.5) is 5.82 Å². The highest BCUT2D eigenvalue weighted by Gasteiger charge is 2.25. The van der Waals surface area contributed by atoms with Gasteiger partial charge in [-0.2, -0.15) is 5.26 Å². The van der Waals surface area contributed by atoms with Gasteiger partial charge >= 0.3 is 0 Å². The van der Waals surface area contributed by atoms with Crippen molar-refractivity contribution in [1.82, 2.24) is 14.9 Å². The molecule has 0 unspecified atom stereocenters. The van der Waals surface area contributed by atoms with E-state index in [9.17, 15) is 9.59 Å². The molecule has 0 bridgehead atoms. The van der Waals surface area contributed by atoms with Crippen LogP contribution in [0.15, 0.2) is 53.6 Å². The molecule has 3 aromatic rings. The Kier molecular flexibility index (Phi) is 4.30. The van der Waals surface area contributed by atoms with Crippen LogP contribution < -0.4 is 10.3 Å². The number of nitrogens with zero attached hydrogens (tertiary/aromatic N) is 4. The molecular formula is C20H17N5O2. The molecule has 1 aromatic carbocycles. The van der Waals surface area contributed by atoms with Gasteiger partial charge in [0.15, 0.2) is 0 Å². The SMILES string of the molecule is N#Cc1ccnc(N2CCN(C(=O)c3c[nH]c4ccccc4c3=O)CC2)c1. The molecule has 0 saturated carbocycles. The van der Waals surface area contributed by atoms with Gasteiger partial charge in [0.25, 0.3) is 5.91 Å². The predicted octanol–water partition coefficient (Wildman–Crippen LogP) is 1.76. The number of pyridine rings is 2. The Morgan fingerprint density at radius 3 is 2.70 bits per heavy atom. The van der Waals surface area contributed by atoms with Crippen molar-refractivity contribution >= 4 is 22.6 Å². The maximum absolute atomic E-state index is 12.8. The summed E-state index contributed by atoms with van der Waals surface area (Å²) >= 11 is 0. The van der Waals surface area contributed by atoms with E-state index in [0.717, 1.165) is 5.82 Å². The average Bonchev–Trinajstić information content (AvgIpc) is 2.74. The Bertz CT molecular complexity index is 1110. The summed E-state index contributed by atoms with van der Waals surface area (Å²) in [5.74, 6) is 0.463. The number of para-hydroxylation sites is 1. The highest BCUT2D eigenvalue weighted by Crippen LogP contribution is 2.16. The first-order valence-electron chi connectivity index (χ1n) is 8.68. The lowest BCUT2D eigenvalue weighted by Crippen LogP contribution is -2.49. The fourth-order valence-electron chi connectivity index (χ4n) is 3.30. The van der Waals surface area contributed by atoms with Gasteiger partial charge in [0, 0.05) is 49.5 Å². The molecule has 7 heteroatoms. The summed E-state index contributed by atoms with van der Waals surface area (Å²) in [6.45, 7) is 2.17. The lowest BCUT2D eigenvalue weighted by Gasteiger charge is -2.35. The molecule has 1 aliphatic heterocycles. The summed E-state index contributed by atoms with van der Waals surface area (Å²) < 4.78 is 0. The summed E-state index contributed by atoms with van der Waals surface area (Å²) in [6.07, 6.45) is 3.11. The van der Waals surface area contributed by atoms with Gasteiger partial charge in [0.1, 0.15) is 11.4 Å². The lowest BCUT2D eigenvalue weighted by atomic mass is 10.1. The number of fused-ring (bicyclic) bond motifs is 1. The molecule has 0 radical (unpaired) electrons. The fraction of sp³-hybridized carbons (Fsp3) is 0.200. The second kappa shape index (κ2) is 6.92. The maximum atomic E-state index is 12.8. The summed E-state index contributed by atoms with van der Waals surface area (Å²) in [7, 11) is 0. The van der Waals surface area contributed by atoms with Gasteiger partial charge in [0.05, 0.1) is 11.6 Å². The Morgan fingerprint density at radius 1 is 1.15 bits per heavy atom. The topological polar surface area (TPSA) is 93.1 Å². The van der Waals surface area contributed by atoms with Crippen LogP contribution in [0.2, 0.25) is 0 Å². The van der Waals surface area contributed by atoms with E-state index in [-0.39, 0.29) is 16.9 Å². The van der Waals surface area contributed by atoms with Gasteiger partial charge in [-0.1, -0.05) is 12.1 Å². The van der Waals surface area contributed by atoms with Gasteiger partial charge < -0.3 is 14.8 Å². The molecule has 3 heterocycles. The Hall–Kier alpha value is -3.66. The number of aromatic amines is 1. The van der Waals surface area contributed by atoms with Crippen LogP contribution in [0.1, 0.15) is 15.9 Å². The van der Waals surface area contributed by atoms with E-state index >= 15 is 0 Å². The monoisotopic (exact) mass is 359 g/mol. The standard InChI is InChI=1S/C20H17N5O2/c21-12-14-5-6-22-18(11-14)24-7-9-25(10-8-24)20(27)16-13-23-17-4-2-1-3-15(17)19(16)26/h1-6,11,13H,7-10H2,(H,23,26). The molecule has 1 amide bonds. The molecule has 7 nitrogen and oxygen atoms in total. The van der Waals surface area contributed by atoms with E-state index in [1.54, 1.807) is 35.4 Å².